The summed E-state index contributed by atoms with van der Waals surface area (Å²) < 4.78 is 1.51. The lowest BCUT2D eigenvalue weighted by Gasteiger charge is -2.31. The second-order valence-corrected chi connectivity index (χ2v) is 9.53. The summed E-state index contributed by atoms with van der Waals surface area (Å²) in [6.45, 7) is 3.23. The normalized spacial score (nSPS) is 14.9. The van der Waals surface area contributed by atoms with E-state index in [0.29, 0.717) is 45.5 Å². The van der Waals surface area contributed by atoms with Crippen LogP contribution in [0.2, 0.25) is 10.0 Å². The van der Waals surface area contributed by atoms with Crippen molar-refractivity contribution in [3.8, 4) is 28.2 Å². The van der Waals surface area contributed by atoms with Crippen LogP contribution in [-0.4, -0.2) is 54.9 Å². The van der Waals surface area contributed by atoms with Gasteiger partial charge in [-0.3, -0.25) is 4.90 Å². The number of aliphatic hydroxyl groups excluding tert-OH is 1. The minimum Gasteiger partial charge on any atom is -0.396 e. The number of anilines is 1. The summed E-state index contributed by atoms with van der Waals surface area (Å²) >= 11 is 12.6. The predicted molar refractivity (Wildman–Crippen MR) is 137 cm³/mol. The molecule has 0 radical (unpaired) electrons. The average Bonchev–Trinajstić information content (AvgIpc) is 3.36. The summed E-state index contributed by atoms with van der Waals surface area (Å²) in [4.78, 5) is 6.83. The van der Waals surface area contributed by atoms with Gasteiger partial charge in [-0.25, -0.2) is 4.98 Å². The van der Waals surface area contributed by atoms with Crippen LogP contribution in [0.1, 0.15) is 18.4 Å². The molecule has 4 aromatic rings. The van der Waals surface area contributed by atoms with Gasteiger partial charge in [0.1, 0.15) is 5.82 Å². The van der Waals surface area contributed by atoms with Crippen LogP contribution in [0, 0.1) is 5.92 Å². The van der Waals surface area contributed by atoms with Crippen molar-refractivity contribution < 1.29 is 5.11 Å². The highest BCUT2D eigenvalue weighted by molar-refractivity contribution is 6.43. The van der Waals surface area contributed by atoms with E-state index in [0.717, 1.165) is 43.6 Å². The lowest BCUT2D eigenvalue weighted by molar-refractivity contribution is 0.127. The van der Waals surface area contributed by atoms with Gasteiger partial charge in [0.2, 0.25) is 0 Å². The van der Waals surface area contributed by atoms with Crippen LogP contribution in [0.5, 0.6) is 0 Å². The first-order chi connectivity index (χ1) is 17.0. The lowest BCUT2D eigenvalue weighted by atomic mass is 9.97. The Kier molecular flexibility index (Phi) is 6.97. The van der Waals surface area contributed by atoms with Crippen molar-refractivity contribution in [2.24, 2.45) is 5.92 Å². The van der Waals surface area contributed by atoms with E-state index in [1.807, 2.05) is 6.07 Å². The van der Waals surface area contributed by atoms with E-state index in [4.69, 9.17) is 28.9 Å². The molecule has 1 aliphatic heterocycles. The fourth-order valence-electron chi connectivity index (χ4n) is 4.37. The fraction of sp³-hybridized carbons (Fsp3) is 0.280. The fourth-order valence-corrected chi connectivity index (χ4v) is 4.75. The highest BCUT2D eigenvalue weighted by Gasteiger charge is 2.20. The van der Waals surface area contributed by atoms with Crippen molar-refractivity contribution in [2.75, 3.05) is 25.4 Å². The van der Waals surface area contributed by atoms with E-state index in [9.17, 15) is 5.11 Å². The molecule has 1 saturated heterocycles. The van der Waals surface area contributed by atoms with Gasteiger partial charge in [0.05, 0.1) is 21.3 Å². The molecule has 0 saturated carbocycles. The number of hydrogen-bond donors (Lipinski definition) is 2. The topological polar surface area (TPSA) is 106 Å². The molecular formula is C25H25Cl2N7O. The number of aliphatic hydroxyl groups is 1. The van der Waals surface area contributed by atoms with Crippen molar-refractivity contribution in [3.63, 3.8) is 0 Å². The maximum Gasteiger partial charge on any atom is 0.190 e. The molecule has 2 aromatic carbocycles. The molecule has 1 aliphatic rings. The standard InChI is InChI=1S/C25H25Cl2N7O/c26-21-2-1-3-22(23(21)27)34-25(30-31-32-34)20-12-19(13-29-24(20)28)18-6-4-16(5-7-18)14-33-10-8-17(15-35)9-11-33/h1-7,12-13,17,35H,8-11,14-15H2,(H2,28,29). The Morgan fingerprint density at radius 1 is 1.03 bits per heavy atom. The van der Waals surface area contributed by atoms with Gasteiger partial charge >= 0.3 is 0 Å². The molecule has 8 nitrogen and oxygen atoms in total. The molecule has 0 bridgehead atoms. The van der Waals surface area contributed by atoms with Crippen LogP contribution in [0.4, 0.5) is 5.82 Å². The Hall–Kier alpha value is -3.04. The zero-order valence-electron chi connectivity index (χ0n) is 19.0. The lowest BCUT2D eigenvalue weighted by Crippen LogP contribution is -2.34. The Labute approximate surface area is 213 Å². The van der Waals surface area contributed by atoms with Crippen molar-refractivity contribution in [2.45, 2.75) is 19.4 Å². The highest BCUT2D eigenvalue weighted by Crippen LogP contribution is 2.33. The molecule has 2 aromatic heterocycles. The molecule has 10 heteroatoms. The van der Waals surface area contributed by atoms with E-state index < -0.39 is 0 Å². The molecule has 0 aliphatic carbocycles. The minimum absolute atomic E-state index is 0.290. The van der Waals surface area contributed by atoms with Crippen molar-refractivity contribution >= 4 is 29.0 Å². The summed E-state index contributed by atoms with van der Waals surface area (Å²) in [6.07, 6.45) is 3.84. The SMILES string of the molecule is Nc1ncc(-c2ccc(CN3CCC(CO)CC3)cc2)cc1-c1nnnn1-c1cccc(Cl)c1Cl. The van der Waals surface area contributed by atoms with E-state index in [-0.39, 0.29) is 0 Å². The molecule has 35 heavy (non-hydrogen) atoms. The van der Waals surface area contributed by atoms with Crippen LogP contribution in [0.25, 0.3) is 28.2 Å². The van der Waals surface area contributed by atoms with Gasteiger partial charge < -0.3 is 10.8 Å². The Morgan fingerprint density at radius 3 is 2.54 bits per heavy atom. The molecule has 180 valence electrons. The highest BCUT2D eigenvalue weighted by atomic mass is 35.5. The van der Waals surface area contributed by atoms with Crippen LogP contribution >= 0.6 is 23.2 Å². The number of benzene rings is 2. The Bertz CT molecular complexity index is 1320. The van der Waals surface area contributed by atoms with Crippen LogP contribution < -0.4 is 5.73 Å². The first-order valence-corrected chi connectivity index (χ1v) is 12.2. The predicted octanol–water partition coefficient (Wildman–Crippen LogP) is 4.48. The minimum atomic E-state index is 0.290. The van der Waals surface area contributed by atoms with Gasteiger partial charge in [0.15, 0.2) is 5.82 Å². The summed E-state index contributed by atoms with van der Waals surface area (Å²) in [5.41, 5.74) is 10.5. The van der Waals surface area contributed by atoms with Gasteiger partial charge in [-0.1, -0.05) is 53.5 Å². The average molecular weight is 510 g/mol. The number of likely N-dealkylation sites (tertiary alicyclic amines) is 1. The van der Waals surface area contributed by atoms with Crippen molar-refractivity contribution in [3.05, 3.63) is 70.3 Å². The smallest absolute Gasteiger partial charge is 0.190 e. The van der Waals surface area contributed by atoms with Gasteiger partial charge in [0, 0.05) is 24.9 Å². The monoisotopic (exact) mass is 509 g/mol. The largest absolute Gasteiger partial charge is 0.396 e. The summed E-state index contributed by atoms with van der Waals surface area (Å²) in [5, 5.41) is 22.2. The molecule has 3 N–H and O–H groups in total. The number of nitrogens with two attached hydrogens (primary N) is 1. The quantitative estimate of drug-likeness (QED) is 0.394. The molecule has 0 unspecified atom stereocenters. The number of pyridine rings is 1. The number of rotatable bonds is 6. The number of tetrazole rings is 1. The maximum atomic E-state index is 9.34. The molecule has 0 spiro atoms. The number of aromatic nitrogens is 5. The second-order valence-electron chi connectivity index (χ2n) is 8.74. The van der Waals surface area contributed by atoms with Gasteiger partial charge in [-0.15, -0.1) is 5.10 Å². The second kappa shape index (κ2) is 10.3. The first-order valence-electron chi connectivity index (χ1n) is 11.4. The number of hydrogen-bond acceptors (Lipinski definition) is 7. The third-order valence-electron chi connectivity index (χ3n) is 6.45. The maximum absolute atomic E-state index is 9.34. The van der Waals surface area contributed by atoms with E-state index in [2.05, 4.69) is 49.7 Å². The van der Waals surface area contributed by atoms with E-state index in [1.54, 1.807) is 24.4 Å². The number of halogens is 2. The van der Waals surface area contributed by atoms with Crippen LogP contribution in [0.15, 0.2) is 54.7 Å². The first kappa shape index (κ1) is 23.7. The van der Waals surface area contributed by atoms with Crippen molar-refractivity contribution in [1.29, 1.82) is 0 Å². The third-order valence-corrected chi connectivity index (χ3v) is 7.26. The molecule has 5 rings (SSSR count). The van der Waals surface area contributed by atoms with Gasteiger partial charge in [-0.05, 0) is 71.6 Å². The third kappa shape index (κ3) is 5.01. The van der Waals surface area contributed by atoms with Crippen LogP contribution in [0.3, 0.4) is 0 Å². The van der Waals surface area contributed by atoms with E-state index >= 15 is 0 Å². The molecule has 1 fully saturated rings. The number of nitrogens with zero attached hydrogens (tertiary/aromatic N) is 6. The molecule has 0 amide bonds. The van der Waals surface area contributed by atoms with E-state index in [1.165, 1.54) is 10.2 Å². The van der Waals surface area contributed by atoms with Gasteiger partial charge in [-0.2, -0.15) is 4.68 Å². The molecular weight excluding hydrogens is 485 g/mol. The summed E-state index contributed by atoms with van der Waals surface area (Å²) in [7, 11) is 0. The summed E-state index contributed by atoms with van der Waals surface area (Å²) in [6, 6.07) is 15.6. The zero-order chi connectivity index (χ0) is 24.4. The number of piperidine rings is 1. The van der Waals surface area contributed by atoms with Crippen LogP contribution in [-0.2, 0) is 6.54 Å². The molecule has 3 heterocycles. The molecule has 0 atom stereocenters. The Balaban J connectivity index is 1.39. The Morgan fingerprint density at radius 2 is 1.80 bits per heavy atom. The van der Waals surface area contributed by atoms with Crippen molar-refractivity contribution in [1.82, 2.24) is 30.1 Å². The van der Waals surface area contributed by atoms with Gasteiger partial charge in [0.25, 0.3) is 0 Å². The number of nitrogen functional groups attached to an aromatic ring is 1. The zero-order valence-corrected chi connectivity index (χ0v) is 20.5. The summed E-state index contributed by atoms with van der Waals surface area (Å²) in [5.74, 6) is 1.17.